The van der Waals surface area contributed by atoms with Crippen molar-refractivity contribution >= 4 is 15.9 Å². The minimum Gasteiger partial charge on any atom is -0.496 e. The van der Waals surface area contributed by atoms with Gasteiger partial charge in [-0.05, 0) is 54.7 Å². The lowest BCUT2D eigenvalue weighted by Crippen LogP contribution is -2.33. The maximum Gasteiger partial charge on any atom is 0.257 e. The Morgan fingerprint density at radius 2 is 1.57 bits per heavy atom. The summed E-state index contributed by atoms with van der Waals surface area (Å²) in [7, 11) is -2.48. The summed E-state index contributed by atoms with van der Waals surface area (Å²) in [4.78, 5) is 15.2. The molecule has 1 saturated heterocycles. The molecule has 7 heteroatoms. The zero-order chi connectivity index (χ0) is 24.8. The lowest BCUT2D eigenvalue weighted by Gasteiger charge is -2.23. The molecule has 0 bridgehead atoms. The van der Waals surface area contributed by atoms with Crippen LogP contribution in [0, 0.1) is 6.92 Å². The molecule has 0 saturated carbocycles. The van der Waals surface area contributed by atoms with Crippen molar-refractivity contribution in [2.75, 3.05) is 20.2 Å². The van der Waals surface area contributed by atoms with Gasteiger partial charge >= 0.3 is 0 Å². The predicted octanol–water partition coefficient (Wildman–Crippen LogP) is 5.09. The number of amides is 1. The van der Waals surface area contributed by atoms with E-state index in [1.54, 1.807) is 11.0 Å². The fourth-order valence-corrected chi connectivity index (χ4v) is 5.79. The summed E-state index contributed by atoms with van der Waals surface area (Å²) in [5.41, 5.74) is 2.96. The Balaban J connectivity index is 1.71. The van der Waals surface area contributed by atoms with Crippen LogP contribution < -0.4 is 9.46 Å². The molecule has 3 aromatic rings. The number of likely N-dealkylation sites (tertiary alicyclic amines) is 1. The highest BCUT2D eigenvalue weighted by molar-refractivity contribution is 7.89. The Bertz CT molecular complexity index is 1270. The van der Waals surface area contributed by atoms with Gasteiger partial charge in [-0.3, -0.25) is 4.79 Å². The Morgan fingerprint density at radius 3 is 2.23 bits per heavy atom. The smallest absolute Gasteiger partial charge is 0.257 e. The Hall–Kier alpha value is -3.16. The molecule has 35 heavy (non-hydrogen) atoms. The first kappa shape index (κ1) is 24.9. The van der Waals surface area contributed by atoms with Crippen molar-refractivity contribution in [1.82, 2.24) is 9.62 Å². The number of benzene rings is 3. The van der Waals surface area contributed by atoms with Crippen LogP contribution in [0.2, 0.25) is 0 Å². The summed E-state index contributed by atoms with van der Waals surface area (Å²) < 4.78 is 35.6. The first-order valence-corrected chi connectivity index (χ1v) is 13.5. The van der Waals surface area contributed by atoms with Gasteiger partial charge in [-0.2, -0.15) is 4.72 Å². The Labute approximate surface area is 208 Å². The van der Waals surface area contributed by atoms with Gasteiger partial charge in [0.05, 0.1) is 23.6 Å². The average Bonchev–Trinajstić information content (AvgIpc) is 3.17. The molecule has 0 spiro atoms. The second kappa shape index (κ2) is 11.1. The third-order valence-corrected chi connectivity index (χ3v) is 7.93. The van der Waals surface area contributed by atoms with Gasteiger partial charge in [-0.25, -0.2) is 8.42 Å². The molecule has 1 N–H and O–H groups in total. The van der Waals surface area contributed by atoms with E-state index in [0.29, 0.717) is 18.8 Å². The van der Waals surface area contributed by atoms with E-state index in [0.717, 1.165) is 42.4 Å². The van der Waals surface area contributed by atoms with Crippen molar-refractivity contribution < 1.29 is 17.9 Å². The van der Waals surface area contributed by atoms with Gasteiger partial charge in [0, 0.05) is 13.1 Å². The van der Waals surface area contributed by atoms with Crippen LogP contribution in [0.1, 0.15) is 58.8 Å². The van der Waals surface area contributed by atoms with Crippen molar-refractivity contribution in [3.8, 4) is 5.75 Å². The second-order valence-electron chi connectivity index (χ2n) is 8.89. The van der Waals surface area contributed by atoms with E-state index < -0.39 is 16.1 Å². The molecular formula is C28H32N2O4S. The summed E-state index contributed by atoms with van der Waals surface area (Å²) in [6.07, 6.45) is 4.09. The number of aryl methyl sites for hydroxylation is 1. The van der Waals surface area contributed by atoms with Crippen LogP contribution in [0.4, 0.5) is 0 Å². The van der Waals surface area contributed by atoms with E-state index in [1.165, 1.54) is 19.2 Å². The van der Waals surface area contributed by atoms with Crippen molar-refractivity contribution in [2.45, 2.75) is 43.5 Å². The molecule has 0 radical (unpaired) electrons. The van der Waals surface area contributed by atoms with E-state index in [-0.39, 0.29) is 16.4 Å². The number of carbonyl (C=O) groups is 1. The number of nitrogens with zero attached hydrogens (tertiary/aromatic N) is 1. The quantitative estimate of drug-likeness (QED) is 0.499. The van der Waals surface area contributed by atoms with E-state index in [4.69, 9.17) is 4.74 Å². The number of nitrogens with one attached hydrogen (secondary N) is 1. The van der Waals surface area contributed by atoms with E-state index >= 15 is 0 Å². The third kappa shape index (κ3) is 5.74. The van der Waals surface area contributed by atoms with Crippen LogP contribution >= 0.6 is 0 Å². The standard InChI is InChI=1S/C28H32N2O4S/c1-21-12-8-9-15-24(21)27(22-13-6-5-7-14-22)29-35(32,33)23-16-17-26(34-2)25(20-23)28(31)30-18-10-3-4-11-19-30/h5-9,12-17,20,27,29H,3-4,10-11,18-19H2,1-2H3/t27-/m0/s1. The first-order valence-electron chi connectivity index (χ1n) is 12.0. The molecular weight excluding hydrogens is 460 g/mol. The van der Waals surface area contributed by atoms with Gasteiger partial charge in [0.15, 0.2) is 0 Å². The van der Waals surface area contributed by atoms with Crippen LogP contribution in [0.15, 0.2) is 77.7 Å². The van der Waals surface area contributed by atoms with Crippen LogP contribution in [0.5, 0.6) is 5.75 Å². The number of rotatable bonds is 7. The molecule has 1 heterocycles. The number of hydrogen-bond donors (Lipinski definition) is 1. The number of methoxy groups -OCH3 is 1. The molecule has 0 aliphatic carbocycles. The lowest BCUT2D eigenvalue weighted by molar-refractivity contribution is 0.0758. The molecule has 1 fully saturated rings. The largest absolute Gasteiger partial charge is 0.496 e. The maximum absolute atomic E-state index is 13.6. The molecule has 6 nitrogen and oxygen atoms in total. The van der Waals surface area contributed by atoms with Gasteiger partial charge in [0.2, 0.25) is 10.0 Å². The second-order valence-corrected chi connectivity index (χ2v) is 10.6. The predicted molar refractivity (Wildman–Crippen MR) is 137 cm³/mol. The van der Waals surface area contributed by atoms with E-state index in [2.05, 4.69) is 4.72 Å². The molecule has 0 unspecified atom stereocenters. The fraction of sp³-hybridized carbons (Fsp3) is 0.321. The summed E-state index contributed by atoms with van der Waals surface area (Å²) in [6.45, 7) is 3.30. The van der Waals surface area contributed by atoms with E-state index in [9.17, 15) is 13.2 Å². The zero-order valence-electron chi connectivity index (χ0n) is 20.2. The van der Waals surface area contributed by atoms with Crippen molar-refractivity contribution in [2.24, 2.45) is 0 Å². The summed E-state index contributed by atoms with van der Waals surface area (Å²) in [5.74, 6) is 0.177. The average molecular weight is 493 g/mol. The number of ether oxygens (including phenoxy) is 1. The van der Waals surface area contributed by atoms with Gasteiger partial charge in [0.25, 0.3) is 5.91 Å². The third-order valence-electron chi connectivity index (χ3n) is 6.51. The SMILES string of the molecule is COc1ccc(S(=O)(=O)N[C@@H](c2ccccc2)c2ccccc2C)cc1C(=O)N1CCCCCC1. The highest BCUT2D eigenvalue weighted by atomic mass is 32.2. The maximum atomic E-state index is 13.6. The van der Waals surface area contributed by atoms with Gasteiger partial charge in [0.1, 0.15) is 5.75 Å². The van der Waals surface area contributed by atoms with Crippen LogP contribution in [-0.2, 0) is 10.0 Å². The van der Waals surface area contributed by atoms with Gasteiger partial charge in [-0.15, -0.1) is 0 Å². The summed E-state index contributed by atoms with van der Waals surface area (Å²) in [5, 5.41) is 0. The van der Waals surface area contributed by atoms with Gasteiger partial charge in [-0.1, -0.05) is 67.4 Å². The van der Waals surface area contributed by atoms with Gasteiger partial charge < -0.3 is 9.64 Å². The number of carbonyl (C=O) groups excluding carboxylic acids is 1. The highest BCUT2D eigenvalue weighted by Gasteiger charge is 2.27. The van der Waals surface area contributed by atoms with Crippen molar-refractivity contribution in [3.05, 3.63) is 95.1 Å². The van der Waals surface area contributed by atoms with Crippen LogP contribution in [0.25, 0.3) is 0 Å². The molecule has 184 valence electrons. The fourth-order valence-electron chi connectivity index (χ4n) is 4.56. The number of sulfonamides is 1. The molecule has 3 aromatic carbocycles. The Morgan fingerprint density at radius 1 is 0.914 bits per heavy atom. The molecule has 1 aliphatic rings. The lowest BCUT2D eigenvalue weighted by atomic mass is 9.96. The molecule has 4 rings (SSSR count). The van der Waals surface area contributed by atoms with Crippen molar-refractivity contribution in [3.63, 3.8) is 0 Å². The highest BCUT2D eigenvalue weighted by Crippen LogP contribution is 2.29. The Kier molecular flexibility index (Phi) is 7.88. The normalized spacial score (nSPS) is 15.3. The molecule has 0 aromatic heterocycles. The molecule has 1 amide bonds. The molecule has 1 aliphatic heterocycles. The topological polar surface area (TPSA) is 75.7 Å². The monoisotopic (exact) mass is 492 g/mol. The van der Waals surface area contributed by atoms with Crippen molar-refractivity contribution in [1.29, 1.82) is 0 Å². The minimum absolute atomic E-state index is 0.0333. The summed E-state index contributed by atoms with van der Waals surface area (Å²) >= 11 is 0. The van der Waals surface area contributed by atoms with E-state index in [1.807, 2.05) is 61.5 Å². The van der Waals surface area contributed by atoms with Crippen LogP contribution in [0.3, 0.4) is 0 Å². The number of hydrogen-bond acceptors (Lipinski definition) is 4. The summed E-state index contributed by atoms with van der Waals surface area (Å²) in [6, 6.07) is 21.1. The zero-order valence-corrected chi connectivity index (χ0v) is 21.1. The van der Waals surface area contributed by atoms with Crippen LogP contribution in [-0.4, -0.2) is 39.4 Å². The minimum atomic E-state index is -3.97. The molecule has 1 atom stereocenters. The first-order chi connectivity index (χ1) is 16.9.